The maximum absolute atomic E-state index is 14.2. The number of rotatable bonds is 9. The molecule has 188 valence electrons. The number of benzene rings is 2. The van der Waals surface area contributed by atoms with E-state index >= 15 is 0 Å². The van der Waals surface area contributed by atoms with Gasteiger partial charge in [0.2, 0.25) is 5.91 Å². The van der Waals surface area contributed by atoms with Gasteiger partial charge in [-0.25, -0.2) is 8.78 Å². The first-order valence-electron chi connectivity index (χ1n) is 11.9. The number of nitrogens with zero attached hydrogens (tertiary/aromatic N) is 2. The first-order chi connectivity index (χ1) is 16.8. The molecular formula is C26H31F2N3O4. The summed E-state index contributed by atoms with van der Waals surface area (Å²) in [7, 11) is 0. The van der Waals surface area contributed by atoms with Crippen LogP contribution in [-0.2, 0) is 11.3 Å². The molecule has 2 aliphatic heterocycles. The molecule has 4 N–H and O–H groups in total. The Hall–Kier alpha value is -2.88. The molecule has 35 heavy (non-hydrogen) atoms. The van der Waals surface area contributed by atoms with Gasteiger partial charge in [0.15, 0.2) is 6.10 Å². The fourth-order valence-corrected chi connectivity index (χ4v) is 5.52. The van der Waals surface area contributed by atoms with Gasteiger partial charge in [-0.05, 0) is 61.4 Å². The van der Waals surface area contributed by atoms with Gasteiger partial charge in [-0.2, -0.15) is 0 Å². The molecule has 4 atom stereocenters. The van der Waals surface area contributed by atoms with Crippen LogP contribution >= 0.6 is 0 Å². The van der Waals surface area contributed by atoms with E-state index in [9.17, 15) is 28.6 Å². The number of aliphatic hydroxyl groups excluding tert-OH is 2. The van der Waals surface area contributed by atoms with E-state index in [0.717, 1.165) is 43.4 Å². The molecule has 7 nitrogen and oxygen atoms in total. The SMILES string of the molecule is NC(=O)c1cccc([C@H]2C[C@H]3CC[C@@H](C2)N3CCN(Cc2c(F)cccc2F)C(=O)[C@H](O)CO)c1. The fourth-order valence-electron chi connectivity index (χ4n) is 5.52. The van der Waals surface area contributed by atoms with Gasteiger partial charge >= 0.3 is 0 Å². The largest absolute Gasteiger partial charge is 0.393 e. The van der Waals surface area contributed by atoms with Crippen LogP contribution in [0.3, 0.4) is 0 Å². The van der Waals surface area contributed by atoms with Crippen LogP contribution in [0.5, 0.6) is 0 Å². The summed E-state index contributed by atoms with van der Waals surface area (Å²) in [5.41, 5.74) is 6.78. The molecule has 0 aromatic heterocycles. The van der Waals surface area contributed by atoms with Crippen molar-refractivity contribution in [3.8, 4) is 0 Å². The van der Waals surface area contributed by atoms with Gasteiger partial charge in [0.05, 0.1) is 13.2 Å². The third-order valence-electron chi connectivity index (χ3n) is 7.34. The normalized spacial score (nSPS) is 22.7. The van der Waals surface area contributed by atoms with E-state index in [-0.39, 0.29) is 30.7 Å². The first kappa shape index (κ1) is 25.2. The zero-order chi connectivity index (χ0) is 25.1. The Bertz CT molecular complexity index is 1050. The molecule has 2 fully saturated rings. The Morgan fingerprint density at radius 1 is 1.09 bits per heavy atom. The zero-order valence-electron chi connectivity index (χ0n) is 19.4. The minimum atomic E-state index is -1.65. The number of hydrogen-bond acceptors (Lipinski definition) is 5. The molecule has 2 amide bonds. The van der Waals surface area contributed by atoms with Gasteiger partial charge < -0.3 is 20.8 Å². The first-order valence-corrected chi connectivity index (χ1v) is 11.9. The van der Waals surface area contributed by atoms with E-state index in [0.29, 0.717) is 18.0 Å². The van der Waals surface area contributed by atoms with Crippen LogP contribution in [0.1, 0.15) is 53.1 Å². The van der Waals surface area contributed by atoms with Crippen molar-refractivity contribution in [3.05, 3.63) is 70.8 Å². The predicted octanol–water partition coefficient (Wildman–Crippen LogP) is 2.16. The van der Waals surface area contributed by atoms with Crippen LogP contribution in [0.25, 0.3) is 0 Å². The predicted molar refractivity (Wildman–Crippen MR) is 125 cm³/mol. The summed E-state index contributed by atoms with van der Waals surface area (Å²) in [6.07, 6.45) is 2.16. The molecule has 0 unspecified atom stereocenters. The number of carbonyl (C=O) groups excluding carboxylic acids is 2. The lowest BCUT2D eigenvalue weighted by Gasteiger charge is -2.40. The number of amides is 2. The molecule has 2 saturated heterocycles. The van der Waals surface area contributed by atoms with Crippen LogP contribution in [0, 0.1) is 11.6 Å². The second kappa shape index (κ2) is 10.8. The van der Waals surface area contributed by atoms with Gasteiger partial charge in [-0.3, -0.25) is 14.5 Å². The number of primary amides is 1. The molecule has 9 heteroatoms. The number of hydrogen-bond donors (Lipinski definition) is 3. The Kier molecular flexibility index (Phi) is 7.78. The molecule has 0 radical (unpaired) electrons. The highest BCUT2D eigenvalue weighted by Crippen LogP contribution is 2.43. The standard InChI is InChI=1S/C26H31F2N3O4/c27-22-5-2-6-23(28)21(22)14-30(26(35)24(33)15-32)9-10-31-19-7-8-20(31)13-18(12-19)16-3-1-4-17(11-16)25(29)34/h1-6,11,18-20,24,32-33H,7-10,12-15H2,(H2,29,34)/t18-,19+,20-,24-/m1/s1. The third-order valence-corrected chi connectivity index (χ3v) is 7.34. The molecule has 2 heterocycles. The van der Waals surface area contributed by atoms with Gasteiger partial charge in [-0.1, -0.05) is 18.2 Å². The molecule has 4 rings (SSSR count). The third kappa shape index (κ3) is 5.52. The van der Waals surface area contributed by atoms with Gasteiger partial charge in [0.1, 0.15) is 11.6 Å². The number of piperidine rings is 1. The summed E-state index contributed by atoms with van der Waals surface area (Å²) in [5.74, 6) is -2.45. The molecule has 0 aliphatic carbocycles. The molecule has 2 aromatic carbocycles. The summed E-state index contributed by atoms with van der Waals surface area (Å²) in [4.78, 5) is 27.8. The monoisotopic (exact) mass is 487 g/mol. The Morgan fingerprint density at radius 3 is 2.31 bits per heavy atom. The van der Waals surface area contributed by atoms with E-state index in [1.54, 1.807) is 6.07 Å². The van der Waals surface area contributed by atoms with Crippen LogP contribution in [0.2, 0.25) is 0 Å². The second-order valence-electron chi connectivity index (χ2n) is 9.44. The second-order valence-corrected chi connectivity index (χ2v) is 9.44. The van der Waals surface area contributed by atoms with E-state index in [2.05, 4.69) is 4.90 Å². The van der Waals surface area contributed by atoms with Crippen molar-refractivity contribution in [1.82, 2.24) is 9.80 Å². The summed E-state index contributed by atoms with van der Waals surface area (Å²) < 4.78 is 28.5. The number of aliphatic hydroxyl groups is 2. The van der Waals surface area contributed by atoms with E-state index in [4.69, 9.17) is 5.73 Å². The van der Waals surface area contributed by atoms with Crippen molar-refractivity contribution in [2.24, 2.45) is 5.73 Å². The van der Waals surface area contributed by atoms with Gasteiger partial charge in [-0.15, -0.1) is 0 Å². The molecule has 2 aromatic rings. The van der Waals surface area contributed by atoms with E-state index in [1.807, 2.05) is 18.2 Å². The highest BCUT2D eigenvalue weighted by Gasteiger charge is 2.41. The van der Waals surface area contributed by atoms with E-state index in [1.165, 1.54) is 11.0 Å². The van der Waals surface area contributed by atoms with Crippen molar-refractivity contribution in [3.63, 3.8) is 0 Å². The van der Waals surface area contributed by atoms with Crippen molar-refractivity contribution in [2.45, 2.75) is 56.3 Å². The van der Waals surface area contributed by atoms with E-state index < -0.39 is 36.2 Å². The highest BCUT2D eigenvalue weighted by atomic mass is 19.1. The van der Waals surface area contributed by atoms with Crippen molar-refractivity contribution < 1.29 is 28.6 Å². The zero-order valence-corrected chi connectivity index (χ0v) is 19.4. The number of fused-ring (bicyclic) bond motifs is 2. The lowest BCUT2D eigenvalue weighted by molar-refractivity contribution is -0.143. The molecule has 2 aliphatic rings. The summed E-state index contributed by atoms with van der Waals surface area (Å²) in [6.45, 7) is -0.446. The average Bonchev–Trinajstić information content (AvgIpc) is 3.08. The lowest BCUT2D eigenvalue weighted by atomic mass is 9.84. The van der Waals surface area contributed by atoms with Crippen LogP contribution < -0.4 is 5.73 Å². The number of carbonyl (C=O) groups is 2. The fraction of sp³-hybridized carbons (Fsp3) is 0.462. The topological polar surface area (TPSA) is 107 Å². The Balaban J connectivity index is 1.45. The van der Waals surface area contributed by atoms with Gasteiger partial charge in [0.25, 0.3) is 5.91 Å². The van der Waals surface area contributed by atoms with Crippen molar-refractivity contribution in [2.75, 3.05) is 19.7 Å². The quantitative estimate of drug-likeness (QED) is 0.503. The minimum absolute atomic E-state index is 0.165. The summed E-state index contributed by atoms with van der Waals surface area (Å²) in [6, 6.07) is 11.5. The minimum Gasteiger partial charge on any atom is -0.393 e. The maximum atomic E-state index is 14.2. The lowest BCUT2D eigenvalue weighted by Crippen LogP contribution is -2.48. The Labute approximate surface area is 203 Å². The number of nitrogens with two attached hydrogens (primary N) is 1. The van der Waals surface area contributed by atoms with Gasteiger partial charge in [0, 0.05) is 36.3 Å². The smallest absolute Gasteiger partial charge is 0.254 e. The summed E-state index contributed by atoms with van der Waals surface area (Å²) >= 11 is 0. The van der Waals surface area contributed by atoms with Crippen LogP contribution in [0.4, 0.5) is 8.78 Å². The molecule has 0 spiro atoms. The summed E-state index contributed by atoms with van der Waals surface area (Å²) in [5, 5.41) is 19.2. The van der Waals surface area contributed by atoms with Crippen molar-refractivity contribution in [1.29, 1.82) is 0 Å². The van der Waals surface area contributed by atoms with Crippen LogP contribution in [-0.4, -0.2) is 69.7 Å². The molecule has 2 bridgehead atoms. The number of halogens is 2. The molecule has 0 saturated carbocycles. The maximum Gasteiger partial charge on any atom is 0.254 e. The average molecular weight is 488 g/mol. The van der Waals surface area contributed by atoms with Crippen LogP contribution in [0.15, 0.2) is 42.5 Å². The molecular weight excluding hydrogens is 456 g/mol. The highest BCUT2D eigenvalue weighted by molar-refractivity contribution is 5.92. The van der Waals surface area contributed by atoms with Crippen molar-refractivity contribution >= 4 is 11.8 Å². The Morgan fingerprint density at radius 2 is 1.71 bits per heavy atom.